The third-order valence-corrected chi connectivity index (χ3v) is 4.37. The van der Waals surface area contributed by atoms with Gasteiger partial charge in [-0.25, -0.2) is 9.97 Å². The number of likely N-dealkylation sites (N-methyl/N-ethyl adjacent to an activating group) is 1. The normalized spacial score (nSPS) is 17.2. The van der Waals surface area contributed by atoms with E-state index in [1.165, 1.54) is 4.57 Å². The minimum Gasteiger partial charge on any atom is -0.373 e. The van der Waals surface area contributed by atoms with Crippen molar-refractivity contribution in [3.05, 3.63) is 52.3 Å². The maximum Gasteiger partial charge on any atom is 0.293 e. The van der Waals surface area contributed by atoms with E-state index in [0.717, 1.165) is 5.69 Å². The Hall–Kier alpha value is -2.74. The van der Waals surface area contributed by atoms with E-state index in [4.69, 9.17) is 4.74 Å². The Morgan fingerprint density at radius 3 is 3.00 bits per heavy atom. The molecule has 1 amide bonds. The molecule has 0 spiro atoms. The summed E-state index contributed by atoms with van der Waals surface area (Å²) in [7, 11) is 3.49. The summed E-state index contributed by atoms with van der Waals surface area (Å²) in [6.07, 6.45) is 3.01. The molecule has 3 rings (SSSR count). The van der Waals surface area contributed by atoms with Gasteiger partial charge in [0.2, 0.25) is 0 Å². The van der Waals surface area contributed by atoms with E-state index in [0.29, 0.717) is 37.8 Å². The fourth-order valence-corrected chi connectivity index (χ4v) is 2.98. The zero-order chi connectivity index (χ0) is 18.7. The highest BCUT2D eigenvalue weighted by molar-refractivity contribution is 5.92. The highest BCUT2D eigenvalue weighted by atomic mass is 16.5. The van der Waals surface area contributed by atoms with Crippen LogP contribution in [0.25, 0.3) is 0 Å². The van der Waals surface area contributed by atoms with Gasteiger partial charge in [-0.15, -0.1) is 0 Å². The van der Waals surface area contributed by atoms with Gasteiger partial charge in [0, 0.05) is 51.8 Å². The van der Waals surface area contributed by atoms with Crippen LogP contribution in [-0.4, -0.2) is 64.7 Å². The first-order chi connectivity index (χ1) is 12.5. The molecule has 1 aliphatic heterocycles. The molecule has 26 heavy (non-hydrogen) atoms. The van der Waals surface area contributed by atoms with Crippen LogP contribution in [0.4, 0.5) is 5.82 Å². The van der Waals surface area contributed by atoms with Gasteiger partial charge in [0.25, 0.3) is 11.5 Å². The molecule has 1 saturated heterocycles. The lowest BCUT2D eigenvalue weighted by atomic mass is 10.2. The third-order valence-electron chi connectivity index (χ3n) is 4.37. The number of anilines is 1. The zero-order valence-corrected chi connectivity index (χ0v) is 15.3. The van der Waals surface area contributed by atoms with E-state index in [2.05, 4.69) is 9.97 Å². The Labute approximate surface area is 152 Å². The first-order valence-electron chi connectivity index (χ1n) is 8.53. The van der Waals surface area contributed by atoms with Gasteiger partial charge in [-0.05, 0) is 19.1 Å². The summed E-state index contributed by atoms with van der Waals surface area (Å²) in [6.45, 7) is 3.76. The van der Waals surface area contributed by atoms with Crippen LogP contribution in [0, 0.1) is 6.92 Å². The number of hydrogen-bond acceptors (Lipinski definition) is 6. The van der Waals surface area contributed by atoms with Gasteiger partial charge in [0.15, 0.2) is 5.82 Å². The molecule has 0 aromatic carbocycles. The van der Waals surface area contributed by atoms with Crippen molar-refractivity contribution in [2.45, 2.75) is 13.0 Å². The van der Waals surface area contributed by atoms with Crippen molar-refractivity contribution in [2.24, 2.45) is 7.05 Å². The predicted octanol–water partition coefficient (Wildman–Crippen LogP) is 0.461. The number of aromatic nitrogens is 3. The molecule has 8 nitrogen and oxygen atoms in total. The summed E-state index contributed by atoms with van der Waals surface area (Å²) in [5.41, 5.74) is 1.09. The number of rotatable bonds is 4. The van der Waals surface area contributed by atoms with Crippen LogP contribution >= 0.6 is 0 Å². The molecule has 138 valence electrons. The van der Waals surface area contributed by atoms with Crippen molar-refractivity contribution >= 4 is 11.7 Å². The molecule has 2 aromatic rings. The summed E-state index contributed by atoms with van der Waals surface area (Å²) in [6, 6.07) is 5.42. The van der Waals surface area contributed by atoms with Crippen LogP contribution < -0.4 is 10.5 Å². The Balaban J connectivity index is 1.67. The van der Waals surface area contributed by atoms with Gasteiger partial charge >= 0.3 is 0 Å². The highest BCUT2D eigenvalue weighted by Gasteiger charge is 2.27. The SMILES string of the molecule is Cc1cccc(C(=O)N2CCOC(CN(C)c3nccn(C)c3=O)C2)n1. The van der Waals surface area contributed by atoms with E-state index >= 15 is 0 Å². The van der Waals surface area contributed by atoms with Crippen LogP contribution in [0.15, 0.2) is 35.4 Å². The number of carbonyl (C=O) groups excluding carboxylic acids is 1. The first kappa shape index (κ1) is 18.1. The van der Waals surface area contributed by atoms with Crippen LogP contribution in [0.5, 0.6) is 0 Å². The van der Waals surface area contributed by atoms with Gasteiger partial charge in [-0.2, -0.15) is 0 Å². The molecule has 1 atom stereocenters. The maximum absolute atomic E-state index is 12.7. The van der Waals surface area contributed by atoms with Gasteiger partial charge in [0.05, 0.1) is 12.7 Å². The van der Waals surface area contributed by atoms with Crippen molar-refractivity contribution in [1.29, 1.82) is 0 Å². The molecule has 0 bridgehead atoms. The lowest BCUT2D eigenvalue weighted by Gasteiger charge is -2.34. The lowest BCUT2D eigenvalue weighted by molar-refractivity contribution is -0.0174. The number of nitrogens with zero attached hydrogens (tertiary/aromatic N) is 5. The van der Waals surface area contributed by atoms with Crippen molar-refractivity contribution < 1.29 is 9.53 Å². The smallest absolute Gasteiger partial charge is 0.293 e. The molecule has 0 radical (unpaired) electrons. The number of amides is 1. The van der Waals surface area contributed by atoms with E-state index < -0.39 is 0 Å². The van der Waals surface area contributed by atoms with Gasteiger partial charge in [-0.3, -0.25) is 9.59 Å². The lowest BCUT2D eigenvalue weighted by Crippen LogP contribution is -2.50. The number of morpholine rings is 1. The first-order valence-corrected chi connectivity index (χ1v) is 8.53. The Bertz CT molecular complexity index is 851. The van der Waals surface area contributed by atoms with Crippen LogP contribution in [0.1, 0.15) is 16.2 Å². The van der Waals surface area contributed by atoms with Gasteiger partial charge in [-0.1, -0.05) is 6.07 Å². The number of ether oxygens (including phenoxy) is 1. The molecule has 1 aliphatic rings. The number of pyridine rings is 1. The average Bonchev–Trinajstić information content (AvgIpc) is 2.63. The molecular formula is C18H23N5O3. The summed E-state index contributed by atoms with van der Waals surface area (Å²) in [5, 5.41) is 0. The quantitative estimate of drug-likeness (QED) is 0.791. The standard InChI is InChI=1S/C18H23N5O3/c1-13-5-4-6-15(20-13)17(24)23-9-10-26-14(12-23)11-22(3)16-18(25)21(2)8-7-19-16/h4-8,14H,9-12H2,1-3H3. The van der Waals surface area contributed by atoms with Crippen LogP contribution in [0.3, 0.4) is 0 Å². The molecule has 1 unspecified atom stereocenters. The summed E-state index contributed by atoms with van der Waals surface area (Å²) >= 11 is 0. The summed E-state index contributed by atoms with van der Waals surface area (Å²) in [5.74, 6) is 0.265. The highest BCUT2D eigenvalue weighted by Crippen LogP contribution is 2.12. The Morgan fingerprint density at radius 1 is 1.42 bits per heavy atom. The molecule has 2 aromatic heterocycles. The summed E-state index contributed by atoms with van der Waals surface area (Å²) in [4.78, 5) is 36.9. The molecule has 1 fully saturated rings. The van der Waals surface area contributed by atoms with Crippen molar-refractivity contribution in [3.8, 4) is 0 Å². The molecule has 0 N–H and O–H groups in total. The second kappa shape index (κ2) is 7.65. The second-order valence-corrected chi connectivity index (χ2v) is 6.46. The third kappa shape index (κ3) is 3.91. The van der Waals surface area contributed by atoms with E-state index in [9.17, 15) is 9.59 Å². The van der Waals surface area contributed by atoms with Crippen molar-refractivity contribution in [3.63, 3.8) is 0 Å². The molecule has 8 heteroatoms. The average molecular weight is 357 g/mol. The maximum atomic E-state index is 12.7. The topological polar surface area (TPSA) is 80.6 Å². The van der Waals surface area contributed by atoms with Gasteiger partial charge in [0.1, 0.15) is 5.69 Å². The summed E-state index contributed by atoms with van der Waals surface area (Å²) < 4.78 is 7.27. The molecule has 0 aliphatic carbocycles. The minimum atomic E-state index is -0.200. The Kier molecular flexibility index (Phi) is 5.32. The fourth-order valence-electron chi connectivity index (χ4n) is 2.98. The van der Waals surface area contributed by atoms with E-state index in [1.54, 1.807) is 42.4 Å². The Morgan fingerprint density at radius 2 is 2.23 bits per heavy atom. The van der Waals surface area contributed by atoms with E-state index in [1.807, 2.05) is 19.1 Å². The van der Waals surface area contributed by atoms with Crippen LogP contribution in [-0.2, 0) is 11.8 Å². The number of hydrogen-bond donors (Lipinski definition) is 0. The largest absolute Gasteiger partial charge is 0.373 e. The number of aryl methyl sites for hydroxylation is 2. The minimum absolute atomic E-state index is 0.0987. The fraction of sp³-hybridized carbons (Fsp3) is 0.444. The van der Waals surface area contributed by atoms with Crippen molar-refractivity contribution in [1.82, 2.24) is 19.4 Å². The van der Waals surface area contributed by atoms with E-state index in [-0.39, 0.29) is 17.6 Å². The monoisotopic (exact) mass is 357 g/mol. The zero-order valence-electron chi connectivity index (χ0n) is 15.3. The van der Waals surface area contributed by atoms with Crippen LogP contribution in [0.2, 0.25) is 0 Å². The number of carbonyl (C=O) groups is 1. The second-order valence-electron chi connectivity index (χ2n) is 6.46. The predicted molar refractivity (Wildman–Crippen MR) is 97.4 cm³/mol. The van der Waals surface area contributed by atoms with Crippen molar-refractivity contribution in [2.75, 3.05) is 38.2 Å². The molecular weight excluding hydrogens is 334 g/mol. The molecule has 0 saturated carbocycles. The van der Waals surface area contributed by atoms with Gasteiger partial charge < -0.3 is 19.1 Å². The molecule has 3 heterocycles.